The largest absolute Gasteiger partial charge is 0.455 e. The van der Waals surface area contributed by atoms with Crippen LogP contribution in [0.1, 0.15) is 42.5 Å². The molecule has 138 valence electrons. The van der Waals surface area contributed by atoms with Crippen LogP contribution in [0, 0.1) is 0 Å². The summed E-state index contributed by atoms with van der Waals surface area (Å²) in [5, 5.41) is 3.98. The fourth-order valence-electron chi connectivity index (χ4n) is 2.53. The number of amides is 1. The molecular formula is C22H21BrN2O2. The maximum atomic E-state index is 12.2. The molecule has 1 amide bonds. The maximum Gasteiger partial charge on any atom is 0.271 e. The molecule has 0 saturated heterocycles. The van der Waals surface area contributed by atoms with Crippen molar-refractivity contribution in [2.75, 3.05) is 0 Å². The van der Waals surface area contributed by atoms with Crippen molar-refractivity contribution in [3.63, 3.8) is 0 Å². The van der Waals surface area contributed by atoms with E-state index in [4.69, 9.17) is 4.42 Å². The summed E-state index contributed by atoms with van der Waals surface area (Å²) in [6.07, 6.45) is 1.49. The van der Waals surface area contributed by atoms with Gasteiger partial charge >= 0.3 is 0 Å². The van der Waals surface area contributed by atoms with Crippen molar-refractivity contribution in [2.24, 2.45) is 5.10 Å². The predicted octanol–water partition coefficient (Wildman–Crippen LogP) is 5.77. The Kier molecular flexibility index (Phi) is 5.61. The smallest absolute Gasteiger partial charge is 0.271 e. The van der Waals surface area contributed by atoms with Gasteiger partial charge in [0.05, 0.1) is 6.21 Å². The quantitative estimate of drug-likeness (QED) is 0.426. The van der Waals surface area contributed by atoms with E-state index in [0.717, 1.165) is 15.8 Å². The maximum absolute atomic E-state index is 12.2. The summed E-state index contributed by atoms with van der Waals surface area (Å²) >= 11 is 3.41. The monoisotopic (exact) mass is 424 g/mol. The molecule has 0 aliphatic heterocycles. The number of hydrogen-bond donors (Lipinski definition) is 1. The summed E-state index contributed by atoms with van der Waals surface area (Å²) in [7, 11) is 0. The first-order valence-corrected chi connectivity index (χ1v) is 9.42. The fourth-order valence-corrected chi connectivity index (χ4v) is 2.80. The number of nitrogens with one attached hydrogen (secondary N) is 1. The summed E-state index contributed by atoms with van der Waals surface area (Å²) in [4.78, 5) is 12.2. The van der Waals surface area contributed by atoms with Crippen LogP contribution in [0.5, 0.6) is 0 Å². The van der Waals surface area contributed by atoms with Crippen LogP contribution in [-0.2, 0) is 5.41 Å². The Morgan fingerprint density at radius 3 is 2.30 bits per heavy atom. The molecule has 0 aliphatic carbocycles. The number of carbonyl (C=O) groups is 1. The van der Waals surface area contributed by atoms with Gasteiger partial charge in [-0.25, -0.2) is 5.43 Å². The predicted molar refractivity (Wildman–Crippen MR) is 112 cm³/mol. The molecule has 4 nitrogen and oxygen atoms in total. The molecule has 1 heterocycles. The van der Waals surface area contributed by atoms with Crippen LogP contribution < -0.4 is 5.43 Å². The van der Waals surface area contributed by atoms with Gasteiger partial charge in [0.1, 0.15) is 11.5 Å². The average molecular weight is 425 g/mol. The van der Waals surface area contributed by atoms with E-state index in [2.05, 4.69) is 47.2 Å². The van der Waals surface area contributed by atoms with Crippen LogP contribution in [-0.4, -0.2) is 12.1 Å². The molecule has 0 aliphatic rings. The normalized spacial score (nSPS) is 11.7. The van der Waals surface area contributed by atoms with E-state index in [1.54, 1.807) is 0 Å². The molecule has 1 N–H and O–H groups in total. The van der Waals surface area contributed by atoms with E-state index in [1.165, 1.54) is 11.8 Å². The molecule has 0 atom stereocenters. The molecule has 0 unspecified atom stereocenters. The highest BCUT2D eigenvalue weighted by Gasteiger charge is 2.14. The lowest BCUT2D eigenvalue weighted by Gasteiger charge is -2.18. The Bertz CT molecular complexity index is 949. The van der Waals surface area contributed by atoms with Gasteiger partial charge in [0.2, 0.25) is 0 Å². The first kappa shape index (κ1) is 19.1. The highest BCUT2D eigenvalue weighted by Crippen LogP contribution is 2.24. The van der Waals surface area contributed by atoms with E-state index < -0.39 is 0 Å². The summed E-state index contributed by atoms with van der Waals surface area (Å²) in [5.41, 5.74) is 5.30. The van der Waals surface area contributed by atoms with Gasteiger partial charge in [-0.3, -0.25) is 4.79 Å². The highest BCUT2D eigenvalue weighted by atomic mass is 79.9. The van der Waals surface area contributed by atoms with E-state index in [0.29, 0.717) is 11.3 Å². The molecule has 0 radical (unpaired) electrons. The van der Waals surface area contributed by atoms with Crippen LogP contribution >= 0.6 is 15.9 Å². The molecule has 3 aromatic rings. The lowest BCUT2D eigenvalue weighted by Crippen LogP contribution is -2.18. The lowest BCUT2D eigenvalue weighted by atomic mass is 9.87. The minimum atomic E-state index is -0.258. The Morgan fingerprint density at radius 2 is 1.67 bits per heavy atom. The molecular weight excluding hydrogens is 404 g/mol. The molecule has 0 saturated carbocycles. The third kappa shape index (κ3) is 4.95. The summed E-state index contributed by atoms with van der Waals surface area (Å²) in [6.45, 7) is 6.41. The van der Waals surface area contributed by atoms with Crippen molar-refractivity contribution in [1.82, 2.24) is 5.43 Å². The van der Waals surface area contributed by atoms with E-state index >= 15 is 0 Å². The van der Waals surface area contributed by atoms with Gasteiger partial charge in [-0.2, -0.15) is 5.10 Å². The Labute approximate surface area is 167 Å². The third-order valence-electron chi connectivity index (χ3n) is 4.13. The number of rotatable bonds is 4. The molecule has 5 heteroatoms. The molecule has 27 heavy (non-hydrogen) atoms. The van der Waals surface area contributed by atoms with Crippen molar-refractivity contribution in [3.8, 4) is 11.3 Å². The average Bonchev–Trinajstić information content (AvgIpc) is 3.10. The number of carbonyl (C=O) groups excluding carboxylic acids is 1. The molecule has 1 aromatic heterocycles. The first-order valence-electron chi connectivity index (χ1n) is 8.63. The zero-order valence-electron chi connectivity index (χ0n) is 15.5. The topological polar surface area (TPSA) is 54.6 Å². The molecule has 0 spiro atoms. The second kappa shape index (κ2) is 7.92. The van der Waals surface area contributed by atoms with Gasteiger partial charge in [0.15, 0.2) is 0 Å². The van der Waals surface area contributed by atoms with Crippen molar-refractivity contribution in [2.45, 2.75) is 26.2 Å². The van der Waals surface area contributed by atoms with Gasteiger partial charge in [0, 0.05) is 15.6 Å². The zero-order chi connectivity index (χ0) is 19.4. The minimum absolute atomic E-state index is 0.0546. The van der Waals surface area contributed by atoms with Crippen LogP contribution in [0.25, 0.3) is 11.3 Å². The van der Waals surface area contributed by atoms with Crippen LogP contribution in [0.4, 0.5) is 0 Å². The SMILES string of the molecule is CC(C)(C)c1ccc(C(=O)N/N=C\c2ccc(-c3ccc(Br)cc3)o2)cc1. The molecule has 2 aromatic carbocycles. The molecule has 0 bridgehead atoms. The van der Waals surface area contributed by atoms with Crippen molar-refractivity contribution < 1.29 is 9.21 Å². The third-order valence-corrected chi connectivity index (χ3v) is 4.66. The minimum Gasteiger partial charge on any atom is -0.455 e. The number of halogens is 1. The van der Waals surface area contributed by atoms with E-state index in [1.807, 2.05) is 60.7 Å². The molecule has 3 rings (SSSR count). The summed E-state index contributed by atoms with van der Waals surface area (Å²) in [6, 6.07) is 19.1. The fraction of sp³-hybridized carbons (Fsp3) is 0.182. The van der Waals surface area contributed by atoms with Crippen LogP contribution in [0.15, 0.2) is 74.7 Å². The van der Waals surface area contributed by atoms with E-state index in [-0.39, 0.29) is 11.3 Å². The number of hydrazone groups is 1. The van der Waals surface area contributed by atoms with Gasteiger partial charge in [-0.1, -0.05) is 61.0 Å². The van der Waals surface area contributed by atoms with Gasteiger partial charge in [-0.05, 0) is 47.4 Å². The second-order valence-corrected chi connectivity index (χ2v) is 8.15. The van der Waals surface area contributed by atoms with Gasteiger partial charge in [0.25, 0.3) is 5.91 Å². The van der Waals surface area contributed by atoms with Crippen molar-refractivity contribution >= 4 is 28.1 Å². The number of hydrogen-bond acceptors (Lipinski definition) is 3. The number of benzene rings is 2. The Morgan fingerprint density at radius 1 is 1.00 bits per heavy atom. The van der Waals surface area contributed by atoms with Gasteiger partial charge < -0.3 is 4.42 Å². The number of furan rings is 1. The van der Waals surface area contributed by atoms with Crippen LogP contribution in [0.2, 0.25) is 0 Å². The van der Waals surface area contributed by atoms with Crippen molar-refractivity contribution in [1.29, 1.82) is 0 Å². The Hall–Kier alpha value is -2.66. The van der Waals surface area contributed by atoms with E-state index in [9.17, 15) is 4.79 Å². The highest BCUT2D eigenvalue weighted by molar-refractivity contribution is 9.10. The standard InChI is InChI=1S/C22H21BrN2O2/c1-22(2,3)17-8-4-16(5-9-17)21(26)25-24-14-19-12-13-20(27-19)15-6-10-18(23)11-7-15/h4-14H,1-3H3,(H,25,26)/b24-14-. The second-order valence-electron chi connectivity index (χ2n) is 7.24. The molecule has 0 fully saturated rings. The number of nitrogens with zero attached hydrogens (tertiary/aromatic N) is 1. The Balaban J connectivity index is 1.62. The van der Waals surface area contributed by atoms with Crippen LogP contribution in [0.3, 0.4) is 0 Å². The lowest BCUT2D eigenvalue weighted by molar-refractivity contribution is 0.0955. The zero-order valence-corrected chi connectivity index (χ0v) is 17.1. The van der Waals surface area contributed by atoms with Crippen molar-refractivity contribution in [3.05, 3.63) is 82.0 Å². The first-order chi connectivity index (χ1) is 12.8. The van der Waals surface area contributed by atoms with Gasteiger partial charge in [-0.15, -0.1) is 0 Å². The summed E-state index contributed by atoms with van der Waals surface area (Å²) < 4.78 is 6.75. The summed E-state index contributed by atoms with van der Waals surface area (Å²) in [5.74, 6) is 1.05.